The third-order valence-electron chi connectivity index (χ3n) is 10.5. The molecular formula is C24H38N2O4. The summed E-state index contributed by atoms with van der Waals surface area (Å²) >= 11 is 0. The Balaban J connectivity index is 1.61. The van der Waals surface area contributed by atoms with Crippen LogP contribution in [0.2, 0.25) is 0 Å². The lowest BCUT2D eigenvalue weighted by Crippen LogP contribution is -2.72. The summed E-state index contributed by atoms with van der Waals surface area (Å²) in [7, 11) is 0. The van der Waals surface area contributed by atoms with E-state index in [0.29, 0.717) is 12.3 Å². The van der Waals surface area contributed by atoms with Crippen molar-refractivity contribution in [2.45, 2.75) is 97.0 Å². The molecule has 3 N–H and O–H groups in total. The summed E-state index contributed by atoms with van der Waals surface area (Å²) in [5.41, 5.74) is 0.302. The number of hydrogen-bond acceptors (Lipinski definition) is 5. The van der Waals surface area contributed by atoms with Gasteiger partial charge in [0.2, 0.25) is 5.91 Å². The Morgan fingerprint density at radius 2 is 1.93 bits per heavy atom. The molecule has 2 saturated heterocycles. The van der Waals surface area contributed by atoms with Crippen molar-refractivity contribution in [2.75, 3.05) is 0 Å². The topological polar surface area (TPSA) is 91.2 Å². The zero-order valence-electron chi connectivity index (χ0n) is 19.0. The lowest BCUT2D eigenvalue weighted by atomic mass is 9.42. The van der Waals surface area contributed by atoms with Crippen molar-refractivity contribution >= 4 is 11.6 Å². The summed E-state index contributed by atoms with van der Waals surface area (Å²) in [6.45, 7) is 11.3. The van der Waals surface area contributed by atoms with Gasteiger partial charge in [0, 0.05) is 29.2 Å². The number of aliphatic hydroxyl groups is 1. The van der Waals surface area contributed by atoms with Gasteiger partial charge in [-0.05, 0) is 62.7 Å². The molecule has 6 heteroatoms. The second-order valence-corrected chi connectivity index (χ2v) is 11.8. The van der Waals surface area contributed by atoms with Gasteiger partial charge in [0.25, 0.3) is 0 Å². The summed E-state index contributed by atoms with van der Waals surface area (Å²) in [6, 6.07) is 0.0777. The number of carbonyl (C=O) groups excluding carboxylic acids is 1. The van der Waals surface area contributed by atoms with E-state index < -0.39 is 6.10 Å². The van der Waals surface area contributed by atoms with Crippen LogP contribution >= 0.6 is 0 Å². The predicted molar refractivity (Wildman–Crippen MR) is 113 cm³/mol. The van der Waals surface area contributed by atoms with Crippen molar-refractivity contribution in [1.29, 1.82) is 0 Å². The van der Waals surface area contributed by atoms with Gasteiger partial charge in [-0.25, -0.2) is 0 Å². The van der Waals surface area contributed by atoms with Crippen LogP contribution in [0.5, 0.6) is 0 Å². The Hall–Kier alpha value is -1.14. The fourth-order valence-electron chi connectivity index (χ4n) is 8.66. The molecule has 30 heavy (non-hydrogen) atoms. The highest BCUT2D eigenvalue weighted by Crippen LogP contribution is 2.68. The lowest BCUT2D eigenvalue weighted by molar-refractivity contribution is -0.320. The van der Waals surface area contributed by atoms with E-state index in [2.05, 4.69) is 45.1 Å². The van der Waals surface area contributed by atoms with E-state index >= 15 is 0 Å². The van der Waals surface area contributed by atoms with Crippen LogP contribution < -0.4 is 5.32 Å². The number of fused-ring (bicyclic) bond motifs is 3. The van der Waals surface area contributed by atoms with Crippen molar-refractivity contribution in [1.82, 2.24) is 5.32 Å². The summed E-state index contributed by atoms with van der Waals surface area (Å²) < 4.78 is 7.30. The van der Waals surface area contributed by atoms with Gasteiger partial charge in [0.15, 0.2) is 0 Å². The first-order chi connectivity index (χ1) is 14.1. The van der Waals surface area contributed by atoms with Crippen LogP contribution in [0.3, 0.4) is 0 Å². The molecule has 0 aromatic heterocycles. The molecule has 5 aliphatic rings. The molecule has 1 amide bonds. The van der Waals surface area contributed by atoms with Crippen LogP contribution in [-0.2, 0) is 9.53 Å². The van der Waals surface area contributed by atoms with E-state index in [4.69, 9.17) is 4.74 Å². The molecule has 1 spiro atoms. The number of nitrogens with zero attached hydrogens (tertiary/aromatic N) is 1. The van der Waals surface area contributed by atoms with Gasteiger partial charge >= 0.3 is 0 Å². The van der Waals surface area contributed by atoms with Crippen molar-refractivity contribution in [2.24, 2.45) is 45.6 Å². The van der Waals surface area contributed by atoms with E-state index in [9.17, 15) is 15.1 Å². The first kappa shape index (κ1) is 20.7. The Morgan fingerprint density at radius 1 is 1.20 bits per heavy atom. The van der Waals surface area contributed by atoms with Crippen molar-refractivity contribution in [3.8, 4) is 0 Å². The molecule has 10 atom stereocenters. The molecular weight excluding hydrogens is 380 g/mol. The fourth-order valence-corrected chi connectivity index (χ4v) is 8.66. The SMILES string of the molecule is CC1NC(=O)C2CC(O)C3CC4(C)C(C)CCC5C(C)(C)C(=NO)CCC54OC3C12. The summed E-state index contributed by atoms with van der Waals surface area (Å²) in [6.07, 6.45) is 4.70. The maximum Gasteiger partial charge on any atom is 0.223 e. The number of ether oxygens (including phenoxy) is 1. The van der Waals surface area contributed by atoms with Gasteiger partial charge in [0.1, 0.15) is 0 Å². The largest absolute Gasteiger partial charge is 0.411 e. The van der Waals surface area contributed by atoms with Gasteiger partial charge in [0.05, 0.1) is 23.5 Å². The molecule has 168 valence electrons. The first-order valence-electron chi connectivity index (χ1n) is 11.9. The minimum atomic E-state index is -0.486. The summed E-state index contributed by atoms with van der Waals surface area (Å²) in [5.74, 6) is 0.899. The fraction of sp³-hybridized carbons (Fsp3) is 0.917. The molecule has 5 fully saturated rings. The second-order valence-electron chi connectivity index (χ2n) is 11.8. The van der Waals surface area contributed by atoms with Crippen LogP contribution in [-0.4, -0.2) is 45.8 Å². The van der Waals surface area contributed by atoms with Crippen LogP contribution in [0, 0.1) is 40.4 Å². The highest BCUT2D eigenvalue weighted by Gasteiger charge is 2.70. The summed E-state index contributed by atoms with van der Waals surface area (Å²) in [4.78, 5) is 12.6. The van der Waals surface area contributed by atoms with Gasteiger partial charge < -0.3 is 20.4 Å². The molecule has 0 aromatic rings. The van der Waals surface area contributed by atoms with Gasteiger partial charge in [-0.1, -0.05) is 32.9 Å². The number of carbonyl (C=O) groups is 1. The quantitative estimate of drug-likeness (QED) is 0.416. The molecule has 3 saturated carbocycles. The average molecular weight is 419 g/mol. The smallest absolute Gasteiger partial charge is 0.223 e. The number of hydrogen-bond donors (Lipinski definition) is 3. The number of nitrogens with one attached hydrogen (secondary N) is 1. The third kappa shape index (κ3) is 2.38. The van der Waals surface area contributed by atoms with E-state index in [0.717, 1.165) is 37.8 Å². The predicted octanol–water partition coefficient (Wildman–Crippen LogP) is 3.35. The molecule has 10 unspecified atom stereocenters. The Labute approximate surface area is 179 Å². The van der Waals surface area contributed by atoms with Crippen LogP contribution in [0.25, 0.3) is 0 Å². The minimum absolute atomic E-state index is 0.0393. The maximum absolute atomic E-state index is 12.6. The number of oxime groups is 1. The third-order valence-corrected chi connectivity index (χ3v) is 10.5. The monoisotopic (exact) mass is 418 g/mol. The second kappa shape index (κ2) is 6.44. The van der Waals surface area contributed by atoms with Crippen molar-refractivity contribution in [3.63, 3.8) is 0 Å². The average Bonchev–Trinajstić information content (AvgIpc) is 2.95. The first-order valence-corrected chi connectivity index (χ1v) is 11.9. The number of aliphatic hydroxyl groups excluding tert-OH is 1. The van der Waals surface area contributed by atoms with Crippen LogP contribution in [0.1, 0.15) is 73.1 Å². The van der Waals surface area contributed by atoms with Crippen LogP contribution in [0.15, 0.2) is 5.16 Å². The van der Waals surface area contributed by atoms with Gasteiger partial charge in [-0.15, -0.1) is 0 Å². The van der Waals surface area contributed by atoms with Crippen molar-refractivity contribution in [3.05, 3.63) is 0 Å². The zero-order chi connectivity index (χ0) is 21.6. The highest BCUT2D eigenvalue weighted by atomic mass is 16.5. The molecule has 3 aliphatic carbocycles. The Bertz CT molecular complexity index is 781. The molecule has 6 nitrogen and oxygen atoms in total. The van der Waals surface area contributed by atoms with E-state index in [1.165, 1.54) is 0 Å². The van der Waals surface area contributed by atoms with E-state index in [1.807, 2.05) is 0 Å². The normalized spacial score (nSPS) is 55.8. The number of rotatable bonds is 0. The maximum atomic E-state index is 12.6. The molecule has 2 heterocycles. The molecule has 5 rings (SSSR count). The van der Waals surface area contributed by atoms with Gasteiger partial charge in [-0.3, -0.25) is 4.79 Å². The molecule has 0 radical (unpaired) electrons. The molecule has 0 bridgehead atoms. The Kier molecular flexibility index (Phi) is 4.45. The lowest BCUT2D eigenvalue weighted by Gasteiger charge is -2.70. The zero-order valence-corrected chi connectivity index (χ0v) is 19.0. The van der Waals surface area contributed by atoms with Gasteiger partial charge in [-0.2, -0.15) is 0 Å². The summed E-state index contributed by atoms with van der Waals surface area (Å²) in [5, 5.41) is 27.6. The standard InChI is InChI=1S/C24H38N2O4/c1-12-6-7-17-22(3,4)18(26-29)8-9-24(17)23(12,5)11-15-16(27)10-14-19(20(15)30-24)13(2)25-21(14)28/h12-17,19-20,27,29H,6-11H2,1-5H3,(H,25,28). The highest BCUT2D eigenvalue weighted by molar-refractivity contribution is 5.90. The number of amides is 1. The van der Waals surface area contributed by atoms with E-state index in [-0.39, 0.29) is 58.2 Å². The molecule has 0 aromatic carbocycles. The molecule has 2 aliphatic heterocycles. The van der Waals surface area contributed by atoms with Crippen molar-refractivity contribution < 1.29 is 19.8 Å². The minimum Gasteiger partial charge on any atom is -0.411 e. The van der Waals surface area contributed by atoms with E-state index in [1.54, 1.807) is 0 Å². The van der Waals surface area contributed by atoms with Crippen LogP contribution in [0.4, 0.5) is 0 Å². The Morgan fingerprint density at radius 3 is 2.63 bits per heavy atom.